The molecular weight excluding hydrogens is 238 g/mol. The van der Waals surface area contributed by atoms with Crippen LogP contribution in [0.15, 0.2) is 18.3 Å². The molecule has 1 N–H and O–H groups in total. The first-order valence-electron chi connectivity index (χ1n) is 6.95. The van der Waals surface area contributed by atoms with Crippen molar-refractivity contribution in [3.63, 3.8) is 0 Å². The largest absolute Gasteiger partial charge is 0.365 e. The maximum absolute atomic E-state index is 4.56. The van der Waals surface area contributed by atoms with Crippen LogP contribution in [0.2, 0.25) is 0 Å². The molecule has 5 nitrogen and oxygen atoms in total. The molecular formula is C14H21N5. The van der Waals surface area contributed by atoms with Crippen LogP contribution in [-0.2, 0) is 13.6 Å². The van der Waals surface area contributed by atoms with E-state index in [1.165, 1.54) is 24.2 Å². The Kier molecular flexibility index (Phi) is 3.05. The number of rotatable bonds is 5. The van der Waals surface area contributed by atoms with Crippen LogP contribution in [0, 0.1) is 0 Å². The Morgan fingerprint density at radius 1 is 1.42 bits per heavy atom. The topological polar surface area (TPSA) is 47.7 Å². The lowest BCUT2D eigenvalue weighted by Gasteiger charge is -2.12. The van der Waals surface area contributed by atoms with Crippen LogP contribution in [0.3, 0.4) is 0 Å². The predicted molar refractivity (Wildman–Crippen MR) is 75.1 cm³/mol. The summed E-state index contributed by atoms with van der Waals surface area (Å²) in [7, 11) is 1.99. The van der Waals surface area contributed by atoms with Gasteiger partial charge in [-0.1, -0.05) is 0 Å². The molecule has 2 aromatic heterocycles. The highest BCUT2D eigenvalue weighted by Gasteiger charge is 2.26. The van der Waals surface area contributed by atoms with Crippen molar-refractivity contribution in [3.05, 3.63) is 29.7 Å². The van der Waals surface area contributed by atoms with Gasteiger partial charge in [0.25, 0.3) is 0 Å². The lowest BCUT2D eigenvalue weighted by Crippen LogP contribution is -2.12. The molecule has 2 aromatic rings. The number of nitrogens with zero attached hydrogens (tertiary/aromatic N) is 4. The number of aryl methyl sites for hydroxylation is 1. The second-order valence-electron chi connectivity index (χ2n) is 5.57. The monoisotopic (exact) mass is 259 g/mol. The normalized spacial score (nSPS) is 15.2. The minimum atomic E-state index is 0.389. The molecule has 1 aliphatic rings. The number of hydrogen-bond donors (Lipinski definition) is 1. The summed E-state index contributed by atoms with van der Waals surface area (Å²) in [5.74, 6) is 1.78. The Hall–Kier alpha value is -1.78. The molecule has 5 heteroatoms. The quantitative estimate of drug-likeness (QED) is 0.898. The van der Waals surface area contributed by atoms with Gasteiger partial charge in [-0.2, -0.15) is 10.2 Å². The Balaban J connectivity index is 1.70. The summed E-state index contributed by atoms with van der Waals surface area (Å²) in [6, 6.07) is 4.62. The molecule has 2 heterocycles. The Labute approximate surface area is 113 Å². The Morgan fingerprint density at radius 3 is 2.89 bits per heavy atom. The molecule has 0 unspecified atom stereocenters. The van der Waals surface area contributed by atoms with Crippen molar-refractivity contribution in [1.82, 2.24) is 19.6 Å². The van der Waals surface area contributed by atoms with Crippen molar-refractivity contribution in [2.45, 2.75) is 45.2 Å². The molecule has 102 valence electrons. The fraction of sp³-hybridized carbons (Fsp3) is 0.571. The van der Waals surface area contributed by atoms with Crippen LogP contribution in [0.1, 0.15) is 50.0 Å². The maximum atomic E-state index is 4.56. The second kappa shape index (κ2) is 4.72. The third kappa shape index (κ3) is 2.50. The molecule has 0 aliphatic heterocycles. The van der Waals surface area contributed by atoms with Gasteiger partial charge < -0.3 is 5.32 Å². The number of anilines is 1. The van der Waals surface area contributed by atoms with Crippen molar-refractivity contribution in [3.8, 4) is 0 Å². The van der Waals surface area contributed by atoms with Crippen molar-refractivity contribution < 1.29 is 0 Å². The van der Waals surface area contributed by atoms with Crippen LogP contribution < -0.4 is 5.32 Å². The molecule has 19 heavy (non-hydrogen) atoms. The second-order valence-corrected chi connectivity index (χ2v) is 5.57. The zero-order valence-electron chi connectivity index (χ0n) is 11.8. The van der Waals surface area contributed by atoms with Gasteiger partial charge in [-0.05, 0) is 32.8 Å². The van der Waals surface area contributed by atoms with E-state index in [4.69, 9.17) is 0 Å². The van der Waals surface area contributed by atoms with Crippen molar-refractivity contribution in [2.24, 2.45) is 7.05 Å². The average molecular weight is 259 g/mol. The number of aromatic nitrogens is 4. The van der Waals surface area contributed by atoms with Gasteiger partial charge in [-0.25, -0.2) is 0 Å². The molecule has 0 aromatic carbocycles. The van der Waals surface area contributed by atoms with Gasteiger partial charge in [0, 0.05) is 31.3 Å². The van der Waals surface area contributed by atoms with E-state index in [2.05, 4.69) is 41.5 Å². The van der Waals surface area contributed by atoms with Crippen LogP contribution in [0.25, 0.3) is 0 Å². The zero-order chi connectivity index (χ0) is 13.4. The van der Waals surface area contributed by atoms with E-state index >= 15 is 0 Å². The maximum Gasteiger partial charge on any atom is 0.124 e. The summed E-state index contributed by atoms with van der Waals surface area (Å²) < 4.78 is 3.98. The molecule has 1 aliphatic carbocycles. The summed E-state index contributed by atoms with van der Waals surface area (Å²) >= 11 is 0. The third-order valence-corrected chi connectivity index (χ3v) is 3.59. The van der Waals surface area contributed by atoms with E-state index in [1.807, 2.05) is 22.6 Å². The van der Waals surface area contributed by atoms with E-state index in [0.29, 0.717) is 12.0 Å². The van der Waals surface area contributed by atoms with Crippen molar-refractivity contribution >= 4 is 5.82 Å². The average Bonchev–Trinajstić information content (AvgIpc) is 2.99. The van der Waals surface area contributed by atoms with Gasteiger partial charge in [0.1, 0.15) is 5.82 Å². The SMILES string of the molecule is CC(C)n1nccc1CNc1cc(C2CC2)nn1C. The zero-order valence-corrected chi connectivity index (χ0v) is 11.8. The van der Waals surface area contributed by atoms with E-state index in [9.17, 15) is 0 Å². The van der Waals surface area contributed by atoms with E-state index in [0.717, 1.165) is 12.4 Å². The molecule has 0 amide bonds. The molecule has 0 spiro atoms. The first-order chi connectivity index (χ1) is 9.15. The fourth-order valence-corrected chi connectivity index (χ4v) is 2.36. The summed E-state index contributed by atoms with van der Waals surface area (Å²) in [6.45, 7) is 5.07. The van der Waals surface area contributed by atoms with Crippen LogP contribution >= 0.6 is 0 Å². The molecule has 1 saturated carbocycles. The van der Waals surface area contributed by atoms with E-state index in [-0.39, 0.29) is 0 Å². The predicted octanol–water partition coefficient (Wildman–Crippen LogP) is 2.69. The molecule has 1 fully saturated rings. The van der Waals surface area contributed by atoms with E-state index in [1.54, 1.807) is 0 Å². The van der Waals surface area contributed by atoms with Gasteiger partial charge in [0.2, 0.25) is 0 Å². The van der Waals surface area contributed by atoms with Gasteiger partial charge in [-0.3, -0.25) is 9.36 Å². The van der Waals surface area contributed by atoms with Gasteiger partial charge in [0.05, 0.1) is 17.9 Å². The number of nitrogens with one attached hydrogen (secondary N) is 1. The summed E-state index contributed by atoms with van der Waals surface area (Å²) in [6.07, 6.45) is 4.43. The highest BCUT2D eigenvalue weighted by Crippen LogP contribution is 2.39. The van der Waals surface area contributed by atoms with Crippen molar-refractivity contribution in [2.75, 3.05) is 5.32 Å². The summed E-state index contributed by atoms with van der Waals surface area (Å²) in [4.78, 5) is 0. The lowest BCUT2D eigenvalue weighted by molar-refractivity contribution is 0.512. The van der Waals surface area contributed by atoms with Crippen LogP contribution in [0.4, 0.5) is 5.82 Å². The van der Waals surface area contributed by atoms with Gasteiger partial charge >= 0.3 is 0 Å². The standard InChI is InChI=1S/C14H21N5/c1-10(2)19-12(6-7-16-19)9-15-14-8-13(11-4-5-11)17-18(14)3/h6-8,10-11,15H,4-5,9H2,1-3H3. The number of hydrogen-bond acceptors (Lipinski definition) is 3. The Morgan fingerprint density at radius 2 is 2.21 bits per heavy atom. The molecule has 0 saturated heterocycles. The van der Waals surface area contributed by atoms with E-state index < -0.39 is 0 Å². The summed E-state index contributed by atoms with van der Waals surface area (Å²) in [5, 5.41) is 12.4. The van der Waals surface area contributed by atoms with Crippen LogP contribution in [0.5, 0.6) is 0 Å². The highest BCUT2D eigenvalue weighted by molar-refractivity contribution is 5.39. The highest BCUT2D eigenvalue weighted by atomic mass is 15.3. The smallest absolute Gasteiger partial charge is 0.124 e. The fourth-order valence-electron chi connectivity index (χ4n) is 2.36. The first kappa shape index (κ1) is 12.3. The van der Waals surface area contributed by atoms with Crippen molar-refractivity contribution in [1.29, 1.82) is 0 Å². The Bertz CT molecular complexity index is 562. The minimum Gasteiger partial charge on any atom is -0.365 e. The molecule has 0 radical (unpaired) electrons. The minimum absolute atomic E-state index is 0.389. The molecule has 3 rings (SSSR count). The first-order valence-corrected chi connectivity index (χ1v) is 6.95. The lowest BCUT2D eigenvalue weighted by atomic mass is 10.3. The molecule has 0 bridgehead atoms. The van der Waals surface area contributed by atoms with Gasteiger partial charge in [0.15, 0.2) is 0 Å². The summed E-state index contributed by atoms with van der Waals surface area (Å²) in [5.41, 5.74) is 2.42. The molecule has 0 atom stereocenters. The third-order valence-electron chi connectivity index (χ3n) is 3.59. The van der Waals surface area contributed by atoms with Crippen LogP contribution in [-0.4, -0.2) is 19.6 Å². The van der Waals surface area contributed by atoms with Gasteiger partial charge in [-0.15, -0.1) is 0 Å².